The summed E-state index contributed by atoms with van der Waals surface area (Å²) in [4.78, 5) is 14.1. The van der Waals surface area contributed by atoms with Crippen LogP contribution in [0.1, 0.15) is 12.0 Å². The van der Waals surface area contributed by atoms with Crippen molar-refractivity contribution in [3.05, 3.63) is 53.9 Å². The normalized spacial score (nSPS) is 21.9. The Morgan fingerprint density at radius 2 is 2.15 bits per heavy atom. The molecule has 0 aromatic heterocycles. The van der Waals surface area contributed by atoms with Gasteiger partial charge >= 0.3 is 0 Å². The van der Waals surface area contributed by atoms with Gasteiger partial charge < -0.3 is 29.5 Å². The van der Waals surface area contributed by atoms with E-state index in [1.165, 1.54) is 0 Å². The van der Waals surface area contributed by atoms with Crippen LogP contribution in [-0.2, 0) is 20.9 Å². The molecule has 1 saturated heterocycles. The number of nitrogens with one attached hydrogen (secondary N) is 1. The van der Waals surface area contributed by atoms with Crippen LogP contribution in [0.5, 0.6) is 5.75 Å². The Kier molecular flexibility index (Phi) is 6.14. The van der Waals surface area contributed by atoms with E-state index in [2.05, 4.69) is 5.32 Å². The molecule has 2 unspecified atom stereocenters. The Labute approximate surface area is 152 Å². The van der Waals surface area contributed by atoms with Crippen LogP contribution in [0.2, 0.25) is 0 Å². The van der Waals surface area contributed by atoms with Crippen LogP contribution >= 0.6 is 0 Å². The summed E-state index contributed by atoms with van der Waals surface area (Å²) < 4.78 is 16.8. The number of allylic oxidation sites excluding steroid dienone is 2. The van der Waals surface area contributed by atoms with Gasteiger partial charge in [0.2, 0.25) is 0 Å². The molecule has 0 radical (unpaired) electrons. The van der Waals surface area contributed by atoms with Gasteiger partial charge in [0.05, 0.1) is 13.2 Å². The summed E-state index contributed by atoms with van der Waals surface area (Å²) in [6.07, 6.45) is 5.95. The summed E-state index contributed by atoms with van der Waals surface area (Å²) in [6, 6.07) is 7.03. The van der Waals surface area contributed by atoms with Crippen LogP contribution in [0.25, 0.3) is 0 Å². The Bertz CT molecular complexity index is 671. The molecule has 1 aromatic carbocycles. The quantitative estimate of drug-likeness (QED) is 0.759. The number of dihydropyridines is 1. The van der Waals surface area contributed by atoms with Crippen LogP contribution < -0.4 is 10.1 Å². The number of ether oxygens (including phenoxy) is 3. The average molecular weight is 360 g/mol. The monoisotopic (exact) mass is 360 g/mol. The number of hydrogen-bond donors (Lipinski definition) is 2. The lowest BCUT2D eigenvalue weighted by atomic mass is 10.2. The Morgan fingerprint density at radius 3 is 2.88 bits per heavy atom. The number of methoxy groups -OCH3 is 1. The minimum Gasteiger partial charge on any atom is -0.488 e. The third-order valence-electron chi connectivity index (χ3n) is 4.37. The third kappa shape index (κ3) is 4.56. The van der Waals surface area contributed by atoms with E-state index in [4.69, 9.17) is 19.3 Å². The van der Waals surface area contributed by atoms with Crippen molar-refractivity contribution in [1.29, 1.82) is 0 Å². The third-order valence-corrected chi connectivity index (χ3v) is 4.37. The van der Waals surface area contributed by atoms with E-state index in [0.29, 0.717) is 18.8 Å². The van der Waals surface area contributed by atoms with Crippen molar-refractivity contribution < 1.29 is 24.1 Å². The van der Waals surface area contributed by atoms with Gasteiger partial charge in [-0.15, -0.1) is 0 Å². The molecule has 0 aliphatic carbocycles. The summed E-state index contributed by atoms with van der Waals surface area (Å²) in [5, 5.41) is 12.1. The smallest absolute Gasteiger partial charge is 0.260 e. The summed E-state index contributed by atoms with van der Waals surface area (Å²) in [6.45, 7) is 1.15. The number of nitrogens with zero attached hydrogens (tertiary/aromatic N) is 1. The summed E-state index contributed by atoms with van der Waals surface area (Å²) in [5.74, 6) is 1.26. The minimum atomic E-state index is -0.296. The predicted molar refractivity (Wildman–Crippen MR) is 95.1 cm³/mol. The first-order valence-electron chi connectivity index (χ1n) is 8.62. The first-order valence-corrected chi connectivity index (χ1v) is 8.62. The molecule has 0 bridgehead atoms. The largest absolute Gasteiger partial charge is 0.488 e. The maximum absolute atomic E-state index is 12.3. The highest BCUT2D eigenvalue weighted by Crippen LogP contribution is 2.20. The highest BCUT2D eigenvalue weighted by Gasteiger charge is 2.29. The lowest BCUT2D eigenvalue weighted by Gasteiger charge is -2.25. The van der Waals surface area contributed by atoms with Crippen molar-refractivity contribution in [2.75, 3.05) is 26.8 Å². The topological polar surface area (TPSA) is 80.3 Å². The van der Waals surface area contributed by atoms with Gasteiger partial charge in [-0.1, -0.05) is 12.1 Å². The standard InChI is InChI=1S/C19H24N2O5/c1-24-19-17(3-2-9-20-19)26-16-8-10-21(11-16)18(23)13-25-15-6-4-14(12-22)5-7-15/h2-7,9,16,19-20,22H,8,10-13H2,1H3. The molecule has 2 aliphatic heterocycles. The molecule has 2 N–H and O–H groups in total. The van der Waals surface area contributed by atoms with Crippen LogP contribution in [0.4, 0.5) is 0 Å². The van der Waals surface area contributed by atoms with Crippen LogP contribution in [0, 0.1) is 0 Å². The molecule has 2 atom stereocenters. The number of amides is 1. The van der Waals surface area contributed by atoms with Gasteiger partial charge in [-0.3, -0.25) is 4.79 Å². The van der Waals surface area contributed by atoms with Crippen molar-refractivity contribution in [3.63, 3.8) is 0 Å². The van der Waals surface area contributed by atoms with Crippen molar-refractivity contribution in [1.82, 2.24) is 10.2 Å². The van der Waals surface area contributed by atoms with E-state index in [-0.39, 0.29) is 31.5 Å². The van der Waals surface area contributed by atoms with E-state index < -0.39 is 0 Å². The second-order valence-electron chi connectivity index (χ2n) is 6.17. The lowest BCUT2D eigenvalue weighted by molar-refractivity contribution is -0.132. The number of hydrogen-bond acceptors (Lipinski definition) is 6. The number of carbonyl (C=O) groups excluding carboxylic acids is 1. The van der Waals surface area contributed by atoms with Crippen molar-refractivity contribution in [2.24, 2.45) is 0 Å². The van der Waals surface area contributed by atoms with Gasteiger partial charge in [-0.2, -0.15) is 0 Å². The molecule has 0 saturated carbocycles. The Balaban J connectivity index is 1.46. The van der Waals surface area contributed by atoms with Gasteiger partial charge in [0.25, 0.3) is 5.91 Å². The highest BCUT2D eigenvalue weighted by atomic mass is 16.5. The molecule has 7 nitrogen and oxygen atoms in total. The van der Waals surface area contributed by atoms with E-state index in [1.54, 1.807) is 42.5 Å². The SMILES string of the molecule is COC1NC=CC=C1OC1CCN(C(=O)COc2ccc(CO)cc2)C1. The van der Waals surface area contributed by atoms with Crippen molar-refractivity contribution >= 4 is 5.91 Å². The van der Waals surface area contributed by atoms with Gasteiger partial charge in [0.15, 0.2) is 12.8 Å². The number of carbonyl (C=O) groups is 1. The highest BCUT2D eigenvalue weighted by molar-refractivity contribution is 5.78. The average Bonchev–Trinajstić information content (AvgIpc) is 3.15. The molecule has 1 amide bonds. The number of benzene rings is 1. The maximum atomic E-state index is 12.3. The molecule has 1 fully saturated rings. The molecule has 140 valence electrons. The zero-order valence-corrected chi connectivity index (χ0v) is 14.8. The molecule has 2 aliphatic rings. The number of aliphatic hydroxyl groups excluding tert-OH is 1. The lowest BCUT2D eigenvalue weighted by Crippen LogP contribution is -2.36. The first-order chi connectivity index (χ1) is 12.7. The van der Waals surface area contributed by atoms with Crippen LogP contribution in [0.3, 0.4) is 0 Å². The first kappa shape index (κ1) is 18.3. The molecule has 2 heterocycles. The maximum Gasteiger partial charge on any atom is 0.260 e. The summed E-state index contributed by atoms with van der Waals surface area (Å²) in [7, 11) is 1.61. The zero-order valence-electron chi connectivity index (χ0n) is 14.8. The minimum absolute atomic E-state index is 0.0138. The van der Waals surface area contributed by atoms with Gasteiger partial charge in [-0.05, 0) is 36.0 Å². The van der Waals surface area contributed by atoms with Gasteiger partial charge in [-0.25, -0.2) is 0 Å². The second-order valence-corrected chi connectivity index (χ2v) is 6.17. The van der Waals surface area contributed by atoms with E-state index in [9.17, 15) is 4.79 Å². The zero-order chi connectivity index (χ0) is 18.4. The second kappa shape index (κ2) is 8.73. The van der Waals surface area contributed by atoms with Crippen molar-refractivity contribution in [2.45, 2.75) is 25.4 Å². The fourth-order valence-corrected chi connectivity index (χ4v) is 2.91. The van der Waals surface area contributed by atoms with E-state index in [1.807, 2.05) is 12.2 Å². The predicted octanol–water partition coefficient (Wildman–Crippen LogP) is 1.15. The molecule has 7 heteroatoms. The summed E-state index contributed by atoms with van der Waals surface area (Å²) in [5.41, 5.74) is 0.805. The number of likely N-dealkylation sites (tertiary alicyclic amines) is 1. The fourth-order valence-electron chi connectivity index (χ4n) is 2.91. The number of aliphatic hydroxyl groups is 1. The molecule has 0 spiro atoms. The molecular formula is C19H24N2O5. The molecule has 3 rings (SSSR count). The van der Waals surface area contributed by atoms with Gasteiger partial charge in [0.1, 0.15) is 17.6 Å². The number of rotatable bonds is 7. The Morgan fingerprint density at radius 1 is 1.35 bits per heavy atom. The van der Waals surface area contributed by atoms with E-state index >= 15 is 0 Å². The van der Waals surface area contributed by atoms with E-state index in [0.717, 1.165) is 17.7 Å². The fraction of sp³-hybridized carbons (Fsp3) is 0.421. The Hall–Kier alpha value is -2.51. The summed E-state index contributed by atoms with van der Waals surface area (Å²) >= 11 is 0. The molecule has 26 heavy (non-hydrogen) atoms. The molecule has 1 aromatic rings. The van der Waals surface area contributed by atoms with Crippen molar-refractivity contribution in [3.8, 4) is 5.75 Å². The van der Waals surface area contributed by atoms with Gasteiger partial charge in [0, 0.05) is 20.1 Å². The molecular weight excluding hydrogens is 336 g/mol. The van der Waals surface area contributed by atoms with Crippen LogP contribution in [0.15, 0.2) is 48.4 Å². The van der Waals surface area contributed by atoms with Crippen LogP contribution in [-0.4, -0.2) is 55.1 Å².